The van der Waals surface area contributed by atoms with Gasteiger partial charge in [-0.25, -0.2) is 4.79 Å². The molecule has 2 N–H and O–H groups in total. The van der Waals surface area contributed by atoms with Gasteiger partial charge in [0.2, 0.25) is 0 Å². The van der Waals surface area contributed by atoms with E-state index in [-0.39, 0.29) is 25.0 Å². The van der Waals surface area contributed by atoms with Crippen LogP contribution in [0.5, 0.6) is 0 Å². The second-order valence-electron chi connectivity index (χ2n) is 6.62. The number of benzene rings is 1. The van der Waals surface area contributed by atoms with Crippen molar-refractivity contribution in [3.8, 4) is 0 Å². The van der Waals surface area contributed by atoms with Crippen molar-refractivity contribution in [2.45, 2.75) is 25.1 Å². The van der Waals surface area contributed by atoms with Gasteiger partial charge in [0, 0.05) is 31.4 Å². The molecule has 1 fully saturated rings. The van der Waals surface area contributed by atoms with Crippen molar-refractivity contribution < 1.29 is 27.9 Å². The van der Waals surface area contributed by atoms with E-state index in [0.717, 1.165) is 29.9 Å². The van der Waals surface area contributed by atoms with E-state index in [1.54, 1.807) is 13.1 Å². The average molecular weight is 387 g/mol. The monoisotopic (exact) mass is 387 g/mol. The van der Waals surface area contributed by atoms with Crippen molar-refractivity contribution in [3.63, 3.8) is 0 Å². The van der Waals surface area contributed by atoms with E-state index in [2.05, 4.69) is 5.32 Å². The first-order chi connectivity index (χ1) is 12.8. The van der Waals surface area contributed by atoms with Gasteiger partial charge in [0.15, 0.2) is 0 Å². The first-order valence-electron chi connectivity index (χ1n) is 8.77. The van der Waals surface area contributed by atoms with Crippen LogP contribution in [0.25, 0.3) is 0 Å². The number of carbonyl (C=O) groups excluding carboxylic acids is 1. The first-order valence-corrected chi connectivity index (χ1v) is 8.77. The van der Waals surface area contributed by atoms with Crippen LogP contribution in [0.3, 0.4) is 0 Å². The second kappa shape index (κ2) is 9.07. The zero-order valence-corrected chi connectivity index (χ0v) is 15.1. The molecule has 150 valence electrons. The third-order valence-electron chi connectivity index (χ3n) is 5.00. The van der Waals surface area contributed by atoms with Crippen molar-refractivity contribution in [2.75, 3.05) is 38.1 Å². The fourth-order valence-electron chi connectivity index (χ4n) is 3.47. The summed E-state index contributed by atoms with van der Waals surface area (Å²) in [6.07, 6.45) is -3.53. The largest absolute Gasteiger partial charge is 0.465 e. The Bertz CT molecular complexity index is 646. The number of piperidine rings is 1. The van der Waals surface area contributed by atoms with Crippen LogP contribution < -0.4 is 10.2 Å². The Labute approximate surface area is 155 Å². The standard InChI is InChI=1S/C18H24F3N3O3/c1-22-16(12-24(9-10-25)17(26)27)13-5-7-23(8-6-13)15-4-2-3-14(11-15)18(19,20)21/h2-4,10-11,13,16,22H,5-9,12H2,1H3,(H,26,27). The number of likely N-dealkylation sites (N-methyl/N-ethyl adjacent to an activating group) is 1. The van der Waals surface area contributed by atoms with Gasteiger partial charge < -0.3 is 20.1 Å². The summed E-state index contributed by atoms with van der Waals surface area (Å²) >= 11 is 0. The highest BCUT2D eigenvalue weighted by molar-refractivity contribution is 5.69. The zero-order chi connectivity index (χ0) is 20.0. The van der Waals surface area contributed by atoms with Crippen molar-refractivity contribution >= 4 is 18.1 Å². The van der Waals surface area contributed by atoms with Crippen LogP contribution in [0.15, 0.2) is 24.3 Å². The highest BCUT2D eigenvalue weighted by atomic mass is 19.4. The maximum absolute atomic E-state index is 12.9. The molecule has 9 heteroatoms. The number of alkyl halides is 3. The van der Waals surface area contributed by atoms with Crippen LogP contribution in [0.2, 0.25) is 0 Å². The summed E-state index contributed by atoms with van der Waals surface area (Å²) in [6.45, 7) is 1.19. The maximum Gasteiger partial charge on any atom is 0.416 e. The van der Waals surface area contributed by atoms with Gasteiger partial charge in [-0.05, 0) is 44.0 Å². The average Bonchev–Trinajstić information content (AvgIpc) is 2.64. The minimum absolute atomic E-state index is 0.121. The number of rotatable bonds is 7. The molecule has 1 aromatic carbocycles. The molecule has 0 aromatic heterocycles. The Balaban J connectivity index is 1.99. The van der Waals surface area contributed by atoms with E-state index < -0.39 is 17.8 Å². The predicted molar refractivity (Wildman–Crippen MR) is 94.9 cm³/mol. The van der Waals surface area contributed by atoms with Crippen LogP contribution in [-0.2, 0) is 11.0 Å². The molecule has 0 saturated carbocycles. The van der Waals surface area contributed by atoms with E-state index in [1.165, 1.54) is 6.07 Å². The molecule has 2 rings (SSSR count). The number of anilines is 1. The fourth-order valence-corrected chi connectivity index (χ4v) is 3.47. The summed E-state index contributed by atoms with van der Waals surface area (Å²) in [5, 5.41) is 12.3. The lowest BCUT2D eigenvalue weighted by molar-refractivity contribution is -0.137. The Morgan fingerprint density at radius 1 is 1.41 bits per heavy atom. The molecule has 0 bridgehead atoms. The molecule has 1 aromatic rings. The SMILES string of the molecule is CNC(CN(CC=O)C(=O)O)C1CCN(c2cccc(C(F)(F)F)c2)CC1. The molecule has 1 saturated heterocycles. The van der Waals surface area contributed by atoms with E-state index >= 15 is 0 Å². The number of halogens is 3. The van der Waals surface area contributed by atoms with Crippen LogP contribution in [0, 0.1) is 5.92 Å². The number of amides is 1. The molecule has 0 aliphatic carbocycles. The zero-order valence-electron chi connectivity index (χ0n) is 15.1. The van der Waals surface area contributed by atoms with Crippen LogP contribution >= 0.6 is 0 Å². The summed E-state index contributed by atoms with van der Waals surface area (Å²) < 4.78 is 38.7. The number of nitrogens with zero attached hydrogens (tertiary/aromatic N) is 2. The lowest BCUT2D eigenvalue weighted by atomic mass is 9.88. The van der Waals surface area contributed by atoms with Crippen LogP contribution in [-0.4, -0.2) is 61.7 Å². The maximum atomic E-state index is 12.9. The first kappa shape index (κ1) is 21.0. The topological polar surface area (TPSA) is 72.9 Å². The minimum Gasteiger partial charge on any atom is -0.465 e. The van der Waals surface area contributed by atoms with Gasteiger partial charge in [0.1, 0.15) is 6.29 Å². The summed E-state index contributed by atoms with van der Waals surface area (Å²) in [4.78, 5) is 24.8. The third-order valence-corrected chi connectivity index (χ3v) is 5.00. The quantitative estimate of drug-likeness (QED) is 0.704. The number of carboxylic acid groups (broad SMARTS) is 1. The van der Waals surface area contributed by atoms with Crippen molar-refractivity contribution in [2.24, 2.45) is 5.92 Å². The highest BCUT2D eigenvalue weighted by Crippen LogP contribution is 2.33. The number of aldehydes is 1. The molecule has 0 spiro atoms. The smallest absolute Gasteiger partial charge is 0.416 e. The van der Waals surface area contributed by atoms with Crippen molar-refractivity contribution in [1.82, 2.24) is 10.2 Å². The molecule has 1 amide bonds. The van der Waals surface area contributed by atoms with E-state index in [0.29, 0.717) is 25.1 Å². The van der Waals surface area contributed by atoms with Crippen LogP contribution in [0.1, 0.15) is 18.4 Å². The predicted octanol–water partition coefficient (Wildman–Crippen LogP) is 2.69. The van der Waals surface area contributed by atoms with Gasteiger partial charge in [-0.3, -0.25) is 4.90 Å². The Morgan fingerprint density at radius 3 is 2.59 bits per heavy atom. The Hall–Kier alpha value is -2.29. The van der Waals surface area contributed by atoms with Gasteiger partial charge in [0.25, 0.3) is 0 Å². The van der Waals surface area contributed by atoms with E-state index in [9.17, 15) is 22.8 Å². The van der Waals surface area contributed by atoms with Crippen molar-refractivity contribution in [3.05, 3.63) is 29.8 Å². The van der Waals surface area contributed by atoms with E-state index in [4.69, 9.17) is 5.11 Å². The van der Waals surface area contributed by atoms with Gasteiger partial charge in [-0.1, -0.05) is 6.07 Å². The Morgan fingerprint density at radius 2 is 2.07 bits per heavy atom. The summed E-state index contributed by atoms with van der Waals surface area (Å²) in [7, 11) is 1.74. The molecule has 1 aliphatic heterocycles. The van der Waals surface area contributed by atoms with Crippen LogP contribution in [0.4, 0.5) is 23.7 Å². The molecule has 0 radical (unpaired) electrons. The van der Waals surface area contributed by atoms with Crippen molar-refractivity contribution in [1.29, 1.82) is 0 Å². The Kier molecular flexibility index (Phi) is 7.06. The normalized spacial score (nSPS) is 16.8. The highest BCUT2D eigenvalue weighted by Gasteiger charge is 2.32. The summed E-state index contributed by atoms with van der Waals surface area (Å²) in [5.74, 6) is 0.172. The fraction of sp³-hybridized carbons (Fsp3) is 0.556. The minimum atomic E-state index is -4.37. The molecule has 6 nitrogen and oxygen atoms in total. The number of nitrogens with one attached hydrogen (secondary N) is 1. The molecule has 1 aliphatic rings. The van der Waals surface area contributed by atoms with Gasteiger partial charge >= 0.3 is 12.3 Å². The lowest BCUT2D eigenvalue weighted by Crippen LogP contribution is -2.49. The third kappa shape index (κ3) is 5.59. The van der Waals surface area contributed by atoms with Gasteiger partial charge in [-0.15, -0.1) is 0 Å². The van der Waals surface area contributed by atoms with Gasteiger partial charge in [0.05, 0.1) is 12.1 Å². The molecular formula is C18H24F3N3O3. The molecule has 1 atom stereocenters. The molecule has 1 unspecified atom stereocenters. The molecule has 27 heavy (non-hydrogen) atoms. The lowest BCUT2D eigenvalue weighted by Gasteiger charge is -2.38. The van der Waals surface area contributed by atoms with E-state index in [1.807, 2.05) is 4.90 Å². The molecular weight excluding hydrogens is 363 g/mol. The molecule has 1 heterocycles. The second-order valence-corrected chi connectivity index (χ2v) is 6.62. The number of hydrogen-bond donors (Lipinski definition) is 2. The summed E-state index contributed by atoms with van der Waals surface area (Å²) in [5.41, 5.74) is -0.126. The summed E-state index contributed by atoms with van der Waals surface area (Å²) in [6, 6.07) is 5.17. The number of hydrogen-bond acceptors (Lipinski definition) is 4. The van der Waals surface area contributed by atoms with Gasteiger partial charge in [-0.2, -0.15) is 13.2 Å². The number of carbonyl (C=O) groups is 2.